The maximum Gasteiger partial charge on any atom is 0.263 e. The Labute approximate surface area is 114 Å². The summed E-state index contributed by atoms with van der Waals surface area (Å²) in [6, 6.07) is 4.01. The number of hydrogen-bond donors (Lipinski definition) is 0. The summed E-state index contributed by atoms with van der Waals surface area (Å²) in [5.74, 6) is -1.76. The third-order valence-corrected chi connectivity index (χ3v) is 5.21. The van der Waals surface area contributed by atoms with Crippen LogP contribution >= 0.6 is 32.3 Å². The molecular weight excluding hydrogens is 300 g/mol. The van der Waals surface area contributed by atoms with Crippen molar-refractivity contribution >= 4 is 37.3 Å². The summed E-state index contributed by atoms with van der Waals surface area (Å²) in [5.41, 5.74) is 0.222. The molecule has 0 saturated carbocycles. The average molecular weight is 308 g/mol. The van der Waals surface area contributed by atoms with Crippen LogP contribution in [-0.4, -0.2) is 7.05 Å². The first-order valence-electron chi connectivity index (χ1n) is 4.93. The standard InChI is InChI=1S/C11H8ClF2NOS2/c1-15(10-8(12)11(16)18-17-10)5-6-3-2-4-7(13)9(6)14/h2-4H,5H2,1H3. The first-order valence-corrected chi connectivity index (χ1v) is 7.46. The van der Waals surface area contributed by atoms with Crippen LogP contribution in [0.1, 0.15) is 5.56 Å². The second kappa shape index (κ2) is 5.34. The first-order chi connectivity index (χ1) is 8.50. The van der Waals surface area contributed by atoms with E-state index < -0.39 is 11.6 Å². The van der Waals surface area contributed by atoms with E-state index in [1.807, 2.05) is 0 Å². The van der Waals surface area contributed by atoms with Crippen molar-refractivity contribution in [1.82, 2.24) is 0 Å². The number of halogens is 3. The molecule has 0 aliphatic carbocycles. The molecule has 1 heterocycles. The fourth-order valence-corrected chi connectivity index (χ4v) is 4.21. The van der Waals surface area contributed by atoms with Crippen molar-refractivity contribution in [3.8, 4) is 0 Å². The number of benzene rings is 1. The van der Waals surface area contributed by atoms with Gasteiger partial charge in [0.2, 0.25) is 0 Å². The van der Waals surface area contributed by atoms with E-state index in [0.29, 0.717) is 5.00 Å². The van der Waals surface area contributed by atoms with E-state index in [1.165, 1.54) is 22.5 Å². The molecule has 0 saturated heterocycles. The van der Waals surface area contributed by atoms with Gasteiger partial charge in [0.1, 0.15) is 10.0 Å². The summed E-state index contributed by atoms with van der Waals surface area (Å²) in [7, 11) is 3.92. The minimum atomic E-state index is -0.884. The zero-order chi connectivity index (χ0) is 13.3. The molecule has 0 aliphatic heterocycles. The van der Waals surface area contributed by atoms with E-state index in [-0.39, 0.29) is 21.9 Å². The van der Waals surface area contributed by atoms with Crippen LogP contribution < -0.4 is 9.64 Å². The van der Waals surface area contributed by atoms with Crippen molar-refractivity contribution in [1.29, 1.82) is 0 Å². The third kappa shape index (κ3) is 2.55. The zero-order valence-electron chi connectivity index (χ0n) is 9.25. The summed E-state index contributed by atoms with van der Waals surface area (Å²) in [6.07, 6.45) is 0. The first kappa shape index (κ1) is 13.5. The van der Waals surface area contributed by atoms with E-state index in [0.717, 1.165) is 16.4 Å². The highest BCUT2D eigenvalue weighted by molar-refractivity contribution is 7.70. The van der Waals surface area contributed by atoms with E-state index in [2.05, 4.69) is 0 Å². The molecule has 0 bridgehead atoms. The SMILES string of the molecule is CN(Cc1cccc(F)c1F)c1ssc(=O)c1Cl. The van der Waals surface area contributed by atoms with Crippen LogP contribution in [-0.2, 0) is 6.54 Å². The quantitative estimate of drug-likeness (QED) is 0.805. The molecule has 2 rings (SSSR count). The van der Waals surface area contributed by atoms with Gasteiger partial charge in [-0.05, 0) is 16.4 Å². The molecule has 0 N–H and O–H groups in total. The van der Waals surface area contributed by atoms with Gasteiger partial charge in [-0.2, -0.15) is 0 Å². The normalized spacial score (nSPS) is 10.7. The zero-order valence-corrected chi connectivity index (χ0v) is 11.6. The Morgan fingerprint density at radius 1 is 1.33 bits per heavy atom. The maximum atomic E-state index is 13.5. The number of anilines is 1. The van der Waals surface area contributed by atoms with Gasteiger partial charge in [-0.3, -0.25) is 4.79 Å². The second-order valence-corrected chi connectivity index (χ2v) is 6.11. The molecule has 18 heavy (non-hydrogen) atoms. The lowest BCUT2D eigenvalue weighted by Gasteiger charge is -2.17. The average Bonchev–Trinajstić information content (AvgIpc) is 2.66. The van der Waals surface area contributed by atoms with Crippen molar-refractivity contribution in [3.63, 3.8) is 0 Å². The fourth-order valence-electron chi connectivity index (χ4n) is 1.47. The molecule has 2 nitrogen and oxygen atoms in total. The molecule has 0 radical (unpaired) electrons. The summed E-state index contributed by atoms with van der Waals surface area (Å²) < 4.78 is 26.3. The van der Waals surface area contributed by atoms with Crippen molar-refractivity contribution in [2.24, 2.45) is 0 Å². The van der Waals surface area contributed by atoms with Gasteiger partial charge < -0.3 is 4.90 Å². The molecule has 0 spiro atoms. The van der Waals surface area contributed by atoms with Gasteiger partial charge in [0.25, 0.3) is 4.74 Å². The lowest BCUT2D eigenvalue weighted by atomic mass is 10.2. The van der Waals surface area contributed by atoms with E-state index >= 15 is 0 Å². The van der Waals surface area contributed by atoms with Gasteiger partial charge in [0.05, 0.1) is 0 Å². The summed E-state index contributed by atoms with van der Waals surface area (Å²) in [4.78, 5) is 12.9. The summed E-state index contributed by atoms with van der Waals surface area (Å²) in [6.45, 7) is 0.149. The monoisotopic (exact) mass is 307 g/mol. The minimum absolute atomic E-state index is 0.129. The van der Waals surface area contributed by atoms with Crippen LogP contribution in [0.15, 0.2) is 23.0 Å². The Morgan fingerprint density at radius 3 is 2.67 bits per heavy atom. The minimum Gasteiger partial charge on any atom is -0.360 e. The van der Waals surface area contributed by atoms with Gasteiger partial charge in [0.15, 0.2) is 11.6 Å². The number of hydrogen-bond acceptors (Lipinski definition) is 4. The van der Waals surface area contributed by atoms with Gasteiger partial charge >= 0.3 is 0 Å². The molecule has 0 atom stereocenters. The second-order valence-electron chi connectivity index (χ2n) is 3.64. The van der Waals surface area contributed by atoms with Crippen LogP contribution in [0.3, 0.4) is 0 Å². The molecule has 1 aromatic carbocycles. The topological polar surface area (TPSA) is 20.3 Å². The molecule has 0 fully saturated rings. The Morgan fingerprint density at radius 2 is 2.06 bits per heavy atom. The predicted octanol–water partition coefficient (Wildman–Crippen LogP) is 3.74. The molecule has 96 valence electrons. The van der Waals surface area contributed by atoms with Crippen molar-refractivity contribution < 1.29 is 8.78 Å². The van der Waals surface area contributed by atoms with Crippen LogP contribution in [0, 0.1) is 11.6 Å². The number of nitrogens with zero attached hydrogens (tertiary/aromatic N) is 1. The Kier molecular flexibility index (Phi) is 3.99. The predicted molar refractivity (Wildman–Crippen MR) is 71.9 cm³/mol. The van der Waals surface area contributed by atoms with E-state index in [1.54, 1.807) is 11.9 Å². The molecule has 7 heteroatoms. The Bertz CT molecular complexity index is 626. The van der Waals surface area contributed by atoms with Gasteiger partial charge in [0, 0.05) is 19.2 Å². The lowest BCUT2D eigenvalue weighted by molar-refractivity contribution is 0.498. The highest BCUT2D eigenvalue weighted by atomic mass is 35.5. The molecule has 0 aliphatic rings. The molecule has 0 unspecified atom stereocenters. The summed E-state index contributed by atoms with van der Waals surface area (Å²) >= 11 is 5.84. The number of rotatable bonds is 3. The van der Waals surface area contributed by atoms with Crippen molar-refractivity contribution in [2.75, 3.05) is 11.9 Å². The van der Waals surface area contributed by atoms with Crippen LogP contribution in [0.4, 0.5) is 13.8 Å². The fraction of sp³-hybridized carbons (Fsp3) is 0.182. The van der Waals surface area contributed by atoms with E-state index in [9.17, 15) is 13.6 Å². The van der Waals surface area contributed by atoms with Gasteiger partial charge in [-0.1, -0.05) is 34.1 Å². The van der Waals surface area contributed by atoms with Crippen molar-refractivity contribution in [2.45, 2.75) is 6.54 Å². The van der Waals surface area contributed by atoms with Crippen molar-refractivity contribution in [3.05, 3.63) is 50.0 Å². The third-order valence-electron chi connectivity index (χ3n) is 2.35. The van der Waals surface area contributed by atoms with Gasteiger partial charge in [-0.25, -0.2) is 8.78 Å². The maximum absolute atomic E-state index is 13.5. The van der Waals surface area contributed by atoms with Crippen LogP contribution in [0.25, 0.3) is 0 Å². The highest BCUT2D eigenvalue weighted by Crippen LogP contribution is 2.31. The molecular formula is C11H8ClF2NOS2. The van der Waals surface area contributed by atoms with Crippen LogP contribution in [0.2, 0.25) is 5.02 Å². The smallest absolute Gasteiger partial charge is 0.263 e. The molecule has 0 amide bonds. The summed E-state index contributed by atoms with van der Waals surface area (Å²) in [5, 5.41) is 0.694. The van der Waals surface area contributed by atoms with Gasteiger partial charge in [-0.15, -0.1) is 0 Å². The Hall–Kier alpha value is -0.980. The Balaban J connectivity index is 2.27. The lowest BCUT2D eigenvalue weighted by Crippen LogP contribution is -2.17. The van der Waals surface area contributed by atoms with E-state index in [4.69, 9.17) is 11.6 Å². The largest absolute Gasteiger partial charge is 0.360 e. The molecule has 2 aromatic rings. The van der Waals surface area contributed by atoms with Crippen LogP contribution in [0.5, 0.6) is 0 Å². The molecule has 1 aromatic heterocycles. The highest BCUT2D eigenvalue weighted by Gasteiger charge is 2.15.